The van der Waals surface area contributed by atoms with Gasteiger partial charge in [-0.2, -0.15) is 0 Å². The van der Waals surface area contributed by atoms with E-state index in [1.54, 1.807) is 6.92 Å². The van der Waals surface area contributed by atoms with E-state index in [4.69, 9.17) is 17.0 Å². The Kier molecular flexibility index (Phi) is 3.46. The van der Waals surface area contributed by atoms with Gasteiger partial charge in [0.2, 0.25) is 0 Å². The summed E-state index contributed by atoms with van der Waals surface area (Å²) >= 11 is 4.93. The van der Waals surface area contributed by atoms with Gasteiger partial charge in [-0.15, -0.1) is 0 Å². The molecule has 0 aromatic carbocycles. The van der Waals surface area contributed by atoms with Crippen LogP contribution in [0, 0.1) is 5.92 Å². The van der Waals surface area contributed by atoms with Crippen molar-refractivity contribution < 1.29 is 9.53 Å². The lowest BCUT2D eigenvalue weighted by Gasteiger charge is -2.32. The summed E-state index contributed by atoms with van der Waals surface area (Å²) in [4.78, 5) is 11.5. The predicted octanol–water partition coefficient (Wildman–Crippen LogP) is 0.546. The number of esters is 1. The van der Waals surface area contributed by atoms with Gasteiger partial charge in [0, 0.05) is 11.7 Å². The molecule has 0 amide bonds. The van der Waals surface area contributed by atoms with Gasteiger partial charge in [0.05, 0.1) is 6.61 Å². The fourth-order valence-corrected chi connectivity index (χ4v) is 1.75. The quantitative estimate of drug-likeness (QED) is 0.519. The molecule has 0 spiro atoms. The van der Waals surface area contributed by atoms with Crippen LogP contribution in [0.25, 0.3) is 0 Å². The molecule has 1 fully saturated rings. The minimum atomic E-state index is -0.373. The van der Waals surface area contributed by atoms with Gasteiger partial charge in [0.1, 0.15) is 5.92 Å². The molecule has 0 aromatic heterocycles. The van der Waals surface area contributed by atoms with Crippen LogP contribution in [0.15, 0.2) is 12.3 Å². The molecule has 0 bridgehead atoms. The fourth-order valence-electron chi connectivity index (χ4n) is 1.43. The molecule has 14 heavy (non-hydrogen) atoms. The second-order valence-electron chi connectivity index (χ2n) is 3.14. The van der Waals surface area contributed by atoms with Crippen LogP contribution in [0.2, 0.25) is 0 Å². The number of thiocarbonyl (C=S) groups is 1. The van der Waals surface area contributed by atoms with Crippen LogP contribution in [0.1, 0.15) is 13.8 Å². The fraction of sp³-hybridized carbons (Fsp3) is 0.556. The average molecular weight is 214 g/mol. The van der Waals surface area contributed by atoms with E-state index in [0.29, 0.717) is 17.4 Å². The van der Waals surface area contributed by atoms with Crippen molar-refractivity contribution in [3.8, 4) is 0 Å². The molecular formula is C9H14N2O2S. The summed E-state index contributed by atoms with van der Waals surface area (Å²) < 4.78 is 4.93. The molecule has 0 radical (unpaired) electrons. The molecule has 2 atom stereocenters. The molecule has 4 nitrogen and oxygen atoms in total. The van der Waals surface area contributed by atoms with Crippen molar-refractivity contribution in [1.82, 2.24) is 10.6 Å². The lowest BCUT2D eigenvalue weighted by molar-refractivity contribution is -0.147. The summed E-state index contributed by atoms with van der Waals surface area (Å²) in [7, 11) is 0. The van der Waals surface area contributed by atoms with Gasteiger partial charge in [0.15, 0.2) is 5.11 Å². The first-order chi connectivity index (χ1) is 6.56. The second-order valence-corrected chi connectivity index (χ2v) is 3.55. The molecular weight excluding hydrogens is 200 g/mol. The Balaban J connectivity index is 2.71. The average Bonchev–Trinajstić information content (AvgIpc) is 2.01. The summed E-state index contributed by atoms with van der Waals surface area (Å²) in [6.07, 6.45) is 0. The summed E-state index contributed by atoms with van der Waals surface area (Å²) in [5.41, 5.74) is 0.597. The van der Waals surface area contributed by atoms with Crippen molar-refractivity contribution in [2.75, 3.05) is 6.61 Å². The van der Waals surface area contributed by atoms with Gasteiger partial charge < -0.3 is 15.4 Å². The van der Waals surface area contributed by atoms with E-state index < -0.39 is 0 Å². The second kappa shape index (κ2) is 4.41. The van der Waals surface area contributed by atoms with Gasteiger partial charge in [-0.1, -0.05) is 6.58 Å². The molecule has 1 rings (SSSR count). The lowest BCUT2D eigenvalue weighted by atomic mass is 9.96. The van der Waals surface area contributed by atoms with E-state index in [-0.39, 0.29) is 17.9 Å². The number of ether oxygens (including phenoxy) is 1. The number of hydrogen-bond donors (Lipinski definition) is 2. The van der Waals surface area contributed by atoms with Crippen LogP contribution < -0.4 is 10.6 Å². The molecule has 1 heterocycles. The van der Waals surface area contributed by atoms with Gasteiger partial charge in [-0.05, 0) is 26.1 Å². The highest BCUT2D eigenvalue weighted by Gasteiger charge is 2.33. The third kappa shape index (κ3) is 2.23. The van der Waals surface area contributed by atoms with Crippen molar-refractivity contribution in [1.29, 1.82) is 0 Å². The van der Waals surface area contributed by atoms with Gasteiger partial charge in [-0.3, -0.25) is 4.79 Å². The van der Waals surface area contributed by atoms with Crippen LogP contribution in [0.4, 0.5) is 0 Å². The Hall–Kier alpha value is -1.10. The molecule has 5 heteroatoms. The van der Waals surface area contributed by atoms with Crippen molar-refractivity contribution in [2.45, 2.75) is 19.9 Å². The van der Waals surface area contributed by atoms with Crippen LogP contribution in [-0.2, 0) is 9.53 Å². The zero-order valence-corrected chi connectivity index (χ0v) is 9.11. The van der Waals surface area contributed by atoms with E-state index in [9.17, 15) is 4.79 Å². The maximum absolute atomic E-state index is 11.5. The molecule has 0 saturated carbocycles. The highest BCUT2D eigenvalue weighted by Crippen LogP contribution is 2.17. The molecule has 2 N–H and O–H groups in total. The zero-order valence-electron chi connectivity index (χ0n) is 8.29. The summed E-state index contributed by atoms with van der Waals surface area (Å²) in [6.45, 7) is 7.79. The molecule has 1 saturated heterocycles. The van der Waals surface area contributed by atoms with E-state index in [0.717, 1.165) is 0 Å². The monoisotopic (exact) mass is 214 g/mol. The molecule has 78 valence electrons. The minimum Gasteiger partial charge on any atom is -0.465 e. The summed E-state index contributed by atoms with van der Waals surface area (Å²) in [6, 6.07) is -0.0738. The third-order valence-electron chi connectivity index (χ3n) is 2.05. The summed E-state index contributed by atoms with van der Waals surface area (Å²) in [5.74, 6) is -0.644. The zero-order chi connectivity index (χ0) is 10.7. The van der Waals surface area contributed by atoms with Crippen molar-refractivity contribution >= 4 is 23.3 Å². The van der Waals surface area contributed by atoms with Crippen LogP contribution in [0.3, 0.4) is 0 Å². The van der Waals surface area contributed by atoms with Crippen molar-refractivity contribution in [3.63, 3.8) is 0 Å². The Bertz CT molecular complexity index is 278. The van der Waals surface area contributed by atoms with Gasteiger partial charge >= 0.3 is 5.97 Å². The first-order valence-corrected chi connectivity index (χ1v) is 4.90. The highest BCUT2D eigenvalue weighted by molar-refractivity contribution is 7.80. The Morgan fingerprint density at radius 1 is 1.71 bits per heavy atom. The number of carbonyl (C=O) groups is 1. The molecule has 1 aliphatic rings. The van der Waals surface area contributed by atoms with E-state index in [1.807, 2.05) is 6.92 Å². The molecule has 0 aliphatic carbocycles. The third-order valence-corrected chi connectivity index (χ3v) is 2.27. The number of hydrogen-bond acceptors (Lipinski definition) is 3. The lowest BCUT2D eigenvalue weighted by Crippen LogP contribution is -2.54. The topological polar surface area (TPSA) is 50.4 Å². The predicted molar refractivity (Wildman–Crippen MR) is 57.6 cm³/mol. The first-order valence-electron chi connectivity index (χ1n) is 4.49. The SMILES string of the molecule is C=C1NC(=S)N[C@H](C)[C@H]1C(=O)OCC. The van der Waals surface area contributed by atoms with E-state index in [2.05, 4.69) is 17.2 Å². The van der Waals surface area contributed by atoms with Gasteiger partial charge in [0.25, 0.3) is 0 Å². The standard InChI is InChI=1S/C9H14N2O2S/c1-4-13-8(12)7-5(2)10-9(14)11-6(7)3/h6-7H,2,4H2,1,3H3,(H2,10,11,14)/t6-,7+/m1/s1. The summed E-state index contributed by atoms with van der Waals surface area (Å²) in [5, 5.41) is 6.28. The first kappa shape index (κ1) is 11.0. The maximum Gasteiger partial charge on any atom is 0.317 e. The smallest absolute Gasteiger partial charge is 0.317 e. The molecule has 0 aromatic rings. The van der Waals surface area contributed by atoms with Crippen molar-refractivity contribution in [2.24, 2.45) is 5.92 Å². The number of carbonyl (C=O) groups excluding carboxylic acids is 1. The number of rotatable bonds is 2. The Morgan fingerprint density at radius 2 is 2.36 bits per heavy atom. The Labute approximate surface area is 88.7 Å². The largest absolute Gasteiger partial charge is 0.465 e. The van der Waals surface area contributed by atoms with Crippen LogP contribution in [-0.4, -0.2) is 23.7 Å². The number of nitrogens with one attached hydrogen (secondary N) is 2. The van der Waals surface area contributed by atoms with Gasteiger partial charge in [-0.25, -0.2) is 0 Å². The van der Waals surface area contributed by atoms with E-state index >= 15 is 0 Å². The maximum atomic E-state index is 11.5. The highest BCUT2D eigenvalue weighted by atomic mass is 32.1. The van der Waals surface area contributed by atoms with Crippen molar-refractivity contribution in [3.05, 3.63) is 12.3 Å². The molecule has 1 aliphatic heterocycles. The van der Waals surface area contributed by atoms with Crippen LogP contribution >= 0.6 is 12.2 Å². The van der Waals surface area contributed by atoms with E-state index in [1.165, 1.54) is 0 Å². The molecule has 0 unspecified atom stereocenters. The van der Waals surface area contributed by atoms with Crippen LogP contribution in [0.5, 0.6) is 0 Å². The minimum absolute atomic E-state index is 0.0738. The normalized spacial score (nSPS) is 26.4. The Morgan fingerprint density at radius 3 is 2.86 bits per heavy atom.